The first-order chi connectivity index (χ1) is 14.2. The zero-order valence-corrected chi connectivity index (χ0v) is 19.5. The number of hydrogen-bond acceptors (Lipinski definition) is 2. The molecule has 2 fully saturated rings. The number of hydrogen-bond donors (Lipinski definition) is 0. The number of fused-ring (bicyclic) bond motifs is 6. The second-order valence-electron chi connectivity index (χ2n) is 11.0. The minimum absolute atomic E-state index is 0.159. The molecule has 3 aliphatic rings. The van der Waals surface area contributed by atoms with Crippen molar-refractivity contribution in [1.29, 1.82) is 0 Å². The Balaban J connectivity index is 1.68. The molecule has 0 spiro atoms. The first kappa shape index (κ1) is 20.3. The number of rotatable bonds is 3. The van der Waals surface area contributed by atoms with Crippen molar-refractivity contribution in [1.82, 2.24) is 0 Å². The molecule has 0 radical (unpaired) electrons. The molecule has 2 aromatic rings. The molecule has 0 unspecified atom stereocenters. The molecule has 1 saturated heterocycles. The van der Waals surface area contributed by atoms with E-state index < -0.39 is 0 Å². The fourth-order valence-corrected chi connectivity index (χ4v) is 6.56. The van der Waals surface area contributed by atoms with Crippen molar-refractivity contribution < 1.29 is 9.31 Å². The third-order valence-corrected chi connectivity index (χ3v) is 8.91. The summed E-state index contributed by atoms with van der Waals surface area (Å²) < 4.78 is 12.8. The van der Waals surface area contributed by atoms with Crippen LogP contribution in [0.2, 0.25) is 0 Å². The highest BCUT2D eigenvalue weighted by atomic mass is 16.7. The van der Waals surface area contributed by atoms with Gasteiger partial charge in [-0.2, -0.15) is 0 Å². The molecule has 158 valence electrons. The first-order valence-electron chi connectivity index (χ1n) is 11.8. The molecular formula is C27H35BO2. The van der Waals surface area contributed by atoms with Gasteiger partial charge in [-0.3, -0.25) is 0 Å². The average Bonchev–Trinajstić information content (AvgIpc) is 3.16. The van der Waals surface area contributed by atoms with Crippen LogP contribution in [-0.4, -0.2) is 18.3 Å². The van der Waals surface area contributed by atoms with Gasteiger partial charge in [-0.15, -0.1) is 0 Å². The highest BCUT2D eigenvalue weighted by Gasteiger charge is 2.57. The van der Waals surface area contributed by atoms with Crippen molar-refractivity contribution in [2.24, 2.45) is 0 Å². The largest absolute Gasteiger partial charge is 0.494 e. The Bertz CT molecular complexity index is 978. The summed E-state index contributed by atoms with van der Waals surface area (Å²) in [4.78, 5) is 0. The normalized spacial score (nSPS) is 30.7. The van der Waals surface area contributed by atoms with Crippen LogP contribution in [0.5, 0.6) is 0 Å². The van der Waals surface area contributed by atoms with Crippen LogP contribution in [0.1, 0.15) is 84.8 Å². The van der Waals surface area contributed by atoms with E-state index in [0.29, 0.717) is 0 Å². The summed E-state index contributed by atoms with van der Waals surface area (Å²) in [6, 6.07) is 16.1. The Kier molecular flexibility index (Phi) is 4.38. The highest BCUT2D eigenvalue weighted by molar-refractivity contribution is 6.62. The maximum absolute atomic E-state index is 6.41. The topological polar surface area (TPSA) is 18.5 Å². The van der Waals surface area contributed by atoms with Crippen molar-refractivity contribution in [2.45, 2.75) is 95.7 Å². The predicted octanol–water partition coefficient (Wildman–Crippen LogP) is 6.15. The summed E-state index contributed by atoms with van der Waals surface area (Å²) in [7, 11) is -0.303. The zero-order valence-electron chi connectivity index (χ0n) is 19.5. The Morgan fingerprint density at radius 1 is 0.833 bits per heavy atom. The van der Waals surface area contributed by atoms with Crippen LogP contribution in [-0.2, 0) is 20.1 Å². The minimum atomic E-state index is -0.316. The van der Waals surface area contributed by atoms with Crippen LogP contribution < -0.4 is 5.46 Å². The van der Waals surface area contributed by atoms with Crippen LogP contribution in [0.4, 0.5) is 0 Å². The van der Waals surface area contributed by atoms with Gasteiger partial charge in [-0.05, 0) is 74.7 Å². The van der Waals surface area contributed by atoms with Gasteiger partial charge in [0.25, 0.3) is 0 Å². The molecule has 0 aromatic heterocycles. The molecule has 1 heterocycles. The van der Waals surface area contributed by atoms with Crippen LogP contribution in [0.15, 0.2) is 42.5 Å². The summed E-state index contributed by atoms with van der Waals surface area (Å²) in [6.45, 7) is 13.4. The summed E-state index contributed by atoms with van der Waals surface area (Å²) in [5.41, 5.74) is 6.83. The van der Waals surface area contributed by atoms with Gasteiger partial charge in [0.15, 0.2) is 0 Å². The summed E-state index contributed by atoms with van der Waals surface area (Å²) in [5.74, 6) is 0. The Morgan fingerprint density at radius 3 is 2.20 bits per heavy atom. The summed E-state index contributed by atoms with van der Waals surface area (Å²) in [5, 5.41) is 0. The fraction of sp³-hybridized carbons (Fsp3) is 0.556. The molecule has 30 heavy (non-hydrogen) atoms. The van der Waals surface area contributed by atoms with Gasteiger partial charge in [-0.1, -0.05) is 69.2 Å². The van der Waals surface area contributed by atoms with E-state index in [-0.39, 0.29) is 29.2 Å². The second kappa shape index (κ2) is 6.47. The van der Waals surface area contributed by atoms with E-state index >= 15 is 0 Å². The van der Waals surface area contributed by atoms with Gasteiger partial charge in [0.1, 0.15) is 0 Å². The van der Waals surface area contributed by atoms with Crippen molar-refractivity contribution in [3.8, 4) is 11.1 Å². The smallest absolute Gasteiger partial charge is 0.399 e. The van der Waals surface area contributed by atoms with Crippen molar-refractivity contribution in [3.05, 3.63) is 53.6 Å². The van der Waals surface area contributed by atoms with Crippen molar-refractivity contribution in [3.63, 3.8) is 0 Å². The molecule has 0 bridgehead atoms. The van der Waals surface area contributed by atoms with E-state index in [4.69, 9.17) is 9.31 Å². The van der Waals surface area contributed by atoms with E-state index in [9.17, 15) is 0 Å². The van der Waals surface area contributed by atoms with Gasteiger partial charge in [0, 0.05) is 10.8 Å². The molecule has 0 amide bonds. The van der Waals surface area contributed by atoms with Gasteiger partial charge < -0.3 is 9.31 Å². The summed E-state index contributed by atoms with van der Waals surface area (Å²) in [6.07, 6.45) is 6.30. The van der Waals surface area contributed by atoms with Crippen molar-refractivity contribution in [2.75, 3.05) is 0 Å². The zero-order chi connectivity index (χ0) is 21.4. The van der Waals surface area contributed by atoms with Crippen LogP contribution in [0.3, 0.4) is 0 Å². The van der Waals surface area contributed by atoms with Crippen molar-refractivity contribution >= 4 is 12.6 Å². The maximum Gasteiger partial charge on any atom is 0.494 e. The van der Waals surface area contributed by atoms with E-state index in [1.807, 2.05) is 0 Å². The minimum Gasteiger partial charge on any atom is -0.399 e. The SMILES string of the molecule is CCC[C@]12CCC[C@@]1(C)c1cc(B3OC(C)(C)C(C)(C)O3)ccc1-c1ccccc12. The molecule has 1 aliphatic heterocycles. The molecule has 2 nitrogen and oxygen atoms in total. The Morgan fingerprint density at radius 2 is 1.50 bits per heavy atom. The quantitative estimate of drug-likeness (QED) is 0.574. The highest BCUT2D eigenvalue weighted by Crippen LogP contribution is 2.63. The van der Waals surface area contributed by atoms with E-state index in [0.717, 1.165) is 5.46 Å². The van der Waals surface area contributed by atoms with Gasteiger partial charge >= 0.3 is 7.12 Å². The summed E-state index contributed by atoms with van der Waals surface area (Å²) >= 11 is 0. The second-order valence-corrected chi connectivity index (χ2v) is 11.0. The average molecular weight is 402 g/mol. The van der Waals surface area contributed by atoms with E-state index in [1.54, 1.807) is 5.56 Å². The maximum atomic E-state index is 6.41. The number of benzene rings is 2. The third-order valence-electron chi connectivity index (χ3n) is 8.91. The van der Waals surface area contributed by atoms with Crippen LogP contribution in [0, 0.1) is 0 Å². The predicted molar refractivity (Wildman–Crippen MR) is 125 cm³/mol. The standard InChI is InChI=1S/C27H35BO2/c1-7-15-27-17-10-16-26(27,6)23-18-19(28-29-24(2,3)25(4,5)30-28)13-14-21(23)20-11-8-9-12-22(20)27/h8-9,11-14,18H,7,10,15-17H2,1-6H3/t26-,27+/m0/s1. The molecule has 5 rings (SSSR count). The molecule has 1 saturated carbocycles. The first-order valence-corrected chi connectivity index (χ1v) is 11.8. The lowest BCUT2D eigenvalue weighted by atomic mass is 9.52. The molecule has 0 N–H and O–H groups in total. The third kappa shape index (κ3) is 2.51. The van der Waals surface area contributed by atoms with Crippen LogP contribution in [0.25, 0.3) is 11.1 Å². The lowest BCUT2D eigenvalue weighted by Gasteiger charge is -2.50. The molecule has 2 aromatic carbocycles. The molecular weight excluding hydrogens is 367 g/mol. The van der Waals surface area contributed by atoms with Gasteiger partial charge in [-0.25, -0.2) is 0 Å². The Hall–Kier alpha value is -1.58. The lowest BCUT2D eigenvalue weighted by molar-refractivity contribution is 0.00578. The van der Waals surface area contributed by atoms with Gasteiger partial charge in [0.2, 0.25) is 0 Å². The lowest BCUT2D eigenvalue weighted by Crippen LogP contribution is -2.47. The molecule has 3 heteroatoms. The van der Waals surface area contributed by atoms with Crippen LogP contribution >= 0.6 is 0 Å². The Labute approximate surface area is 182 Å². The molecule has 2 atom stereocenters. The monoisotopic (exact) mass is 402 g/mol. The van der Waals surface area contributed by atoms with Gasteiger partial charge in [0.05, 0.1) is 11.2 Å². The van der Waals surface area contributed by atoms with E-state index in [1.165, 1.54) is 48.8 Å². The fourth-order valence-electron chi connectivity index (χ4n) is 6.56. The van der Waals surface area contributed by atoms with E-state index in [2.05, 4.69) is 84.0 Å². The molecule has 2 aliphatic carbocycles.